The van der Waals surface area contributed by atoms with Crippen LogP contribution >= 0.6 is 0 Å². The van der Waals surface area contributed by atoms with Gasteiger partial charge in [-0.3, -0.25) is 4.90 Å². The average Bonchev–Trinajstić information content (AvgIpc) is 3.19. The third kappa shape index (κ3) is 3.37. The number of hydrogen-bond donors (Lipinski definition) is 2. The number of methoxy groups -OCH3 is 1. The fraction of sp³-hybridized carbons (Fsp3) is 0.571. The zero-order chi connectivity index (χ0) is 15.0. The van der Waals surface area contributed by atoms with E-state index in [1.54, 1.807) is 7.11 Å². The first-order chi connectivity index (χ1) is 9.98. The van der Waals surface area contributed by atoms with Crippen molar-refractivity contribution in [3.8, 4) is 5.75 Å². The van der Waals surface area contributed by atoms with E-state index >= 15 is 0 Å². The second-order valence-electron chi connectivity index (χ2n) is 5.75. The molecule has 3 N–H and O–H groups in total. The molecule has 7 heteroatoms. The van der Waals surface area contributed by atoms with Crippen LogP contribution in [0.5, 0.6) is 5.75 Å². The number of rotatable bonds is 5. The van der Waals surface area contributed by atoms with Crippen LogP contribution in [-0.2, 0) is 10.2 Å². The summed E-state index contributed by atoms with van der Waals surface area (Å²) in [5.41, 5.74) is 1.07. The highest BCUT2D eigenvalue weighted by atomic mass is 32.2. The van der Waals surface area contributed by atoms with Gasteiger partial charge in [-0.15, -0.1) is 0 Å². The lowest BCUT2D eigenvalue weighted by Crippen LogP contribution is -2.43. The molecule has 2 atom stereocenters. The molecule has 1 saturated heterocycles. The van der Waals surface area contributed by atoms with Crippen LogP contribution in [0.3, 0.4) is 0 Å². The van der Waals surface area contributed by atoms with Gasteiger partial charge >= 0.3 is 0 Å². The Labute approximate surface area is 125 Å². The highest BCUT2D eigenvalue weighted by Gasteiger charge is 2.43. The number of nitrogens with two attached hydrogens (primary N) is 1. The molecule has 116 valence electrons. The first kappa shape index (κ1) is 14.8. The number of benzene rings is 1. The van der Waals surface area contributed by atoms with E-state index in [0.717, 1.165) is 24.3 Å². The van der Waals surface area contributed by atoms with Gasteiger partial charge in [-0.2, -0.15) is 13.1 Å². The average molecular weight is 311 g/mol. The molecule has 2 fully saturated rings. The second kappa shape index (κ2) is 5.57. The molecule has 2 aliphatic rings. The first-order valence-corrected chi connectivity index (χ1v) is 8.72. The maximum absolute atomic E-state index is 11.4. The topological polar surface area (TPSA) is 84.7 Å². The van der Waals surface area contributed by atoms with Crippen molar-refractivity contribution < 1.29 is 13.2 Å². The van der Waals surface area contributed by atoms with Gasteiger partial charge in [0.2, 0.25) is 0 Å². The minimum absolute atomic E-state index is 0.0194. The molecule has 6 nitrogen and oxygen atoms in total. The normalized spacial score (nSPS) is 27.0. The highest BCUT2D eigenvalue weighted by Crippen LogP contribution is 2.41. The Hall–Kier alpha value is -1.15. The van der Waals surface area contributed by atoms with E-state index in [-0.39, 0.29) is 12.1 Å². The zero-order valence-corrected chi connectivity index (χ0v) is 12.8. The molecule has 2 unspecified atom stereocenters. The van der Waals surface area contributed by atoms with Gasteiger partial charge < -0.3 is 4.74 Å². The van der Waals surface area contributed by atoms with Crippen LogP contribution < -0.4 is 14.6 Å². The first-order valence-electron chi connectivity index (χ1n) is 7.17. The Kier molecular flexibility index (Phi) is 3.92. The number of nitrogens with one attached hydrogen (secondary N) is 1. The summed E-state index contributed by atoms with van der Waals surface area (Å²) < 4.78 is 30.7. The predicted octanol–water partition coefficient (Wildman–Crippen LogP) is 0.766. The van der Waals surface area contributed by atoms with Gasteiger partial charge in [0.1, 0.15) is 5.75 Å². The van der Waals surface area contributed by atoms with Gasteiger partial charge in [-0.05, 0) is 37.0 Å². The van der Waals surface area contributed by atoms with E-state index in [9.17, 15) is 8.42 Å². The summed E-state index contributed by atoms with van der Waals surface area (Å²) in [7, 11) is -2.07. The molecule has 0 aromatic heterocycles. The predicted molar refractivity (Wildman–Crippen MR) is 80.1 cm³/mol. The van der Waals surface area contributed by atoms with Crippen molar-refractivity contribution in [2.75, 3.05) is 13.7 Å². The lowest BCUT2D eigenvalue weighted by molar-refractivity contribution is 0.233. The summed E-state index contributed by atoms with van der Waals surface area (Å²) in [5, 5.41) is 5.17. The molecule has 1 heterocycles. The van der Waals surface area contributed by atoms with E-state index in [2.05, 4.69) is 9.62 Å². The van der Waals surface area contributed by atoms with Crippen LogP contribution in [0, 0.1) is 0 Å². The smallest absolute Gasteiger partial charge is 0.274 e. The van der Waals surface area contributed by atoms with Crippen molar-refractivity contribution >= 4 is 10.2 Å². The van der Waals surface area contributed by atoms with E-state index in [4.69, 9.17) is 9.88 Å². The summed E-state index contributed by atoms with van der Waals surface area (Å²) in [5.74, 6) is 0.782. The van der Waals surface area contributed by atoms with E-state index in [0.29, 0.717) is 6.04 Å². The van der Waals surface area contributed by atoms with Crippen molar-refractivity contribution in [2.24, 2.45) is 5.14 Å². The molecular formula is C14H21N3O3S. The van der Waals surface area contributed by atoms with Gasteiger partial charge in [0, 0.05) is 18.6 Å². The number of nitrogens with zero attached hydrogens (tertiary/aromatic N) is 1. The monoisotopic (exact) mass is 311 g/mol. The van der Waals surface area contributed by atoms with Crippen LogP contribution in [0.1, 0.15) is 30.9 Å². The van der Waals surface area contributed by atoms with Gasteiger partial charge in [-0.1, -0.05) is 12.1 Å². The molecule has 1 aromatic rings. The molecule has 1 saturated carbocycles. The van der Waals surface area contributed by atoms with Crippen molar-refractivity contribution in [3.63, 3.8) is 0 Å². The quantitative estimate of drug-likeness (QED) is 0.841. The fourth-order valence-corrected chi connectivity index (χ4v) is 3.88. The summed E-state index contributed by atoms with van der Waals surface area (Å²) in [6.45, 7) is 0.889. The summed E-state index contributed by atoms with van der Waals surface area (Å²) in [6.07, 6.45) is 3.14. The van der Waals surface area contributed by atoms with Gasteiger partial charge in [0.15, 0.2) is 0 Å². The van der Waals surface area contributed by atoms with Crippen LogP contribution in [-0.4, -0.2) is 39.1 Å². The number of hydrogen-bond acceptors (Lipinski definition) is 4. The zero-order valence-electron chi connectivity index (χ0n) is 12.0. The molecule has 0 radical (unpaired) electrons. The van der Waals surface area contributed by atoms with Crippen molar-refractivity contribution in [1.82, 2.24) is 9.62 Å². The number of likely N-dealkylation sites (tertiary alicyclic amines) is 1. The van der Waals surface area contributed by atoms with Crippen LogP contribution in [0.2, 0.25) is 0 Å². The summed E-state index contributed by atoms with van der Waals surface area (Å²) in [4.78, 5) is 2.39. The Balaban J connectivity index is 1.91. The molecule has 0 bridgehead atoms. The summed E-state index contributed by atoms with van der Waals surface area (Å²) in [6, 6.07) is 8.22. The lowest BCUT2D eigenvalue weighted by Gasteiger charge is -2.28. The highest BCUT2D eigenvalue weighted by molar-refractivity contribution is 7.87. The Bertz CT molecular complexity index is 616. The van der Waals surface area contributed by atoms with E-state index in [1.807, 2.05) is 24.3 Å². The molecule has 3 rings (SSSR count). The van der Waals surface area contributed by atoms with Gasteiger partial charge in [0.25, 0.3) is 10.2 Å². The third-order valence-electron chi connectivity index (χ3n) is 4.20. The Morgan fingerprint density at radius 2 is 2.10 bits per heavy atom. The van der Waals surface area contributed by atoms with Gasteiger partial charge in [0.05, 0.1) is 13.2 Å². The van der Waals surface area contributed by atoms with Crippen molar-refractivity contribution in [3.05, 3.63) is 29.8 Å². The van der Waals surface area contributed by atoms with Crippen molar-refractivity contribution in [1.29, 1.82) is 0 Å². The second-order valence-corrected chi connectivity index (χ2v) is 7.07. The lowest BCUT2D eigenvalue weighted by atomic mass is 10.0. The molecule has 0 spiro atoms. The molecular weight excluding hydrogens is 290 g/mol. The SMILES string of the molecule is COc1cccc(C2C(NS(N)(=O)=O)CCN2C2CC2)c1. The molecule has 21 heavy (non-hydrogen) atoms. The fourth-order valence-electron chi connectivity index (χ4n) is 3.22. The van der Waals surface area contributed by atoms with Gasteiger partial charge in [-0.25, -0.2) is 5.14 Å². The largest absolute Gasteiger partial charge is 0.497 e. The number of ether oxygens (including phenoxy) is 1. The van der Waals surface area contributed by atoms with Crippen LogP contribution in [0.15, 0.2) is 24.3 Å². The standard InChI is InChI=1S/C14H21N3O3S/c1-20-12-4-2-3-10(9-12)14-13(16-21(15,18)19)7-8-17(14)11-5-6-11/h2-4,9,11,13-14,16H,5-8H2,1H3,(H2,15,18,19). The maximum atomic E-state index is 11.4. The minimum Gasteiger partial charge on any atom is -0.497 e. The van der Waals surface area contributed by atoms with E-state index in [1.165, 1.54) is 12.8 Å². The molecule has 1 aliphatic heterocycles. The minimum atomic E-state index is -3.70. The molecule has 1 aliphatic carbocycles. The Morgan fingerprint density at radius 1 is 1.33 bits per heavy atom. The molecule has 0 amide bonds. The van der Waals surface area contributed by atoms with E-state index < -0.39 is 10.2 Å². The third-order valence-corrected chi connectivity index (χ3v) is 4.83. The van der Waals surface area contributed by atoms with Crippen LogP contribution in [0.4, 0.5) is 0 Å². The summed E-state index contributed by atoms with van der Waals surface area (Å²) >= 11 is 0. The maximum Gasteiger partial charge on any atom is 0.274 e. The van der Waals surface area contributed by atoms with Crippen molar-refractivity contribution in [2.45, 2.75) is 37.4 Å². The Morgan fingerprint density at radius 3 is 2.71 bits per heavy atom. The van der Waals surface area contributed by atoms with Crippen LogP contribution in [0.25, 0.3) is 0 Å². The molecule has 1 aromatic carbocycles.